The van der Waals surface area contributed by atoms with Crippen LogP contribution in [0.3, 0.4) is 0 Å². The largest absolute Gasteiger partial charge is 0.390 e. The van der Waals surface area contributed by atoms with Gasteiger partial charge in [-0.25, -0.2) is 19.3 Å². The van der Waals surface area contributed by atoms with Crippen LogP contribution in [0.4, 0.5) is 21.8 Å². The zero-order valence-electron chi connectivity index (χ0n) is 21.8. The fourth-order valence-electron chi connectivity index (χ4n) is 4.68. The van der Waals surface area contributed by atoms with Crippen molar-refractivity contribution in [1.29, 1.82) is 0 Å². The summed E-state index contributed by atoms with van der Waals surface area (Å²) in [6, 6.07) is 10.1. The number of carbonyl (C=O) groups excluding carboxylic acids is 1. The van der Waals surface area contributed by atoms with Gasteiger partial charge in [0.25, 0.3) is 0 Å². The van der Waals surface area contributed by atoms with Crippen molar-refractivity contribution < 1.29 is 19.0 Å². The quantitative estimate of drug-likeness (QED) is 0.256. The van der Waals surface area contributed by atoms with Crippen molar-refractivity contribution in [2.75, 3.05) is 57.6 Å². The number of nitrogens with zero attached hydrogens (tertiary/aromatic N) is 5. The zero-order chi connectivity index (χ0) is 27.4. The van der Waals surface area contributed by atoms with Gasteiger partial charge in [-0.2, -0.15) is 0 Å². The smallest absolute Gasteiger partial charge is 0.244 e. The molecule has 12 heteroatoms. The standard InChI is InChI=1S/C27H31FN8O3/c1-35-9-11-36(12-10-35)22(16-39-2)26(38)32-21-7-4-6-18-19(13-29-25(18)21)24-20(28)14-30-27(34-24)33-23-8-3-5-17(15-37)31-23/h3-8,13-14,22,29,37H,9-12,15-16H2,1-2H3,(H,32,38)(H,30,31,33,34)/t22-/m1/s1. The first kappa shape index (κ1) is 26.6. The molecule has 4 N–H and O–H groups in total. The maximum Gasteiger partial charge on any atom is 0.244 e. The predicted octanol–water partition coefficient (Wildman–Crippen LogP) is 2.60. The Kier molecular flexibility index (Phi) is 8.07. The number of halogens is 1. The molecular weight excluding hydrogens is 503 g/mol. The van der Waals surface area contributed by atoms with Crippen LogP contribution in [-0.2, 0) is 16.1 Å². The number of aliphatic hydroxyl groups is 1. The molecular formula is C27H31FN8O3. The van der Waals surface area contributed by atoms with Gasteiger partial charge in [-0.3, -0.25) is 9.69 Å². The van der Waals surface area contributed by atoms with Gasteiger partial charge in [-0.15, -0.1) is 0 Å². The number of methoxy groups -OCH3 is 1. The van der Waals surface area contributed by atoms with Crippen molar-refractivity contribution in [3.05, 3.63) is 60.3 Å². The van der Waals surface area contributed by atoms with Crippen LogP contribution in [0.5, 0.6) is 0 Å². The monoisotopic (exact) mass is 534 g/mol. The molecule has 4 heterocycles. The number of nitrogens with one attached hydrogen (secondary N) is 3. The van der Waals surface area contributed by atoms with E-state index in [0.29, 0.717) is 33.7 Å². The third-order valence-electron chi connectivity index (χ3n) is 6.79. The summed E-state index contributed by atoms with van der Waals surface area (Å²) in [6.07, 6.45) is 2.75. The number of hydrogen-bond donors (Lipinski definition) is 4. The lowest BCUT2D eigenvalue weighted by Crippen LogP contribution is -2.54. The minimum absolute atomic E-state index is 0.0928. The molecule has 0 aliphatic carbocycles. The first-order chi connectivity index (χ1) is 19.0. The highest BCUT2D eigenvalue weighted by molar-refractivity contribution is 6.06. The average molecular weight is 535 g/mol. The molecule has 4 aromatic rings. The first-order valence-corrected chi connectivity index (χ1v) is 12.7. The number of fused-ring (bicyclic) bond motifs is 1. The molecule has 39 heavy (non-hydrogen) atoms. The molecule has 0 unspecified atom stereocenters. The Hall–Kier alpha value is -3.97. The topological polar surface area (TPSA) is 132 Å². The van der Waals surface area contributed by atoms with Crippen molar-refractivity contribution in [1.82, 2.24) is 29.7 Å². The molecule has 1 atom stereocenters. The van der Waals surface area contributed by atoms with Crippen LogP contribution in [0.2, 0.25) is 0 Å². The van der Waals surface area contributed by atoms with Crippen molar-refractivity contribution in [3.63, 3.8) is 0 Å². The van der Waals surface area contributed by atoms with Crippen molar-refractivity contribution in [2.24, 2.45) is 0 Å². The van der Waals surface area contributed by atoms with Gasteiger partial charge < -0.3 is 30.4 Å². The van der Waals surface area contributed by atoms with E-state index < -0.39 is 11.9 Å². The van der Waals surface area contributed by atoms with E-state index in [-0.39, 0.29) is 30.8 Å². The normalized spacial score (nSPS) is 15.4. The summed E-state index contributed by atoms with van der Waals surface area (Å²) in [6.45, 7) is 3.39. The minimum Gasteiger partial charge on any atom is -0.390 e. The molecule has 0 bridgehead atoms. The Labute approximate surface area is 225 Å². The Morgan fingerprint density at radius 2 is 1.97 bits per heavy atom. The maximum absolute atomic E-state index is 14.9. The molecule has 11 nitrogen and oxygen atoms in total. The van der Waals surface area contributed by atoms with Crippen LogP contribution in [0.1, 0.15) is 5.69 Å². The molecule has 1 fully saturated rings. The van der Waals surface area contributed by atoms with Crippen LogP contribution in [0, 0.1) is 5.82 Å². The second-order valence-corrected chi connectivity index (χ2v) is 9.42. The number of aliphatic hydroxyl groups excluding tert-OH is 1. The van der Waals surface area contributed by atoms with Gasteiger partial charge in [0, 0.05) is 50.4 Å². The number of aromatic nitrogens is 4. The second-order valence-electron chi connectivity index (χ2n) is 9.42. The van der Waals surface area contributed by atoms with E-state index in [2.05, 4.69) is 47.4 Å². The molecule has 0 saturated carbocycles. The highest BCUT2D eigenvalue weighted by atomic mass is 19.1. The number of aromatic amines is 1. The van der Waals surface area contributed by atoms with Gasteiger partial charge in [-0.1, -0.05) is 18.2 Å². The summed E-state index contributed by atoms with van der Waals surface area (Å²) in [5, 5.41) is 16.0. The average Bonchev–Trinajstić information content (AvgIpc) is 3.38. The highest BCUT2D eigenvalue weighted by Gasteiger charge is 2.29. The van der Waals surface area contributed by atoms with E-state index in [0.717, 1.165) is 32.4 Å². The fraction of sp³-hybridized carbons (Fsp3) is 0.333. The molecule has 204 valence electrons. The molecule has 1 aromatic carbocycles. The predicted molar refractivity (Wildman–Crippen MR) is 146 cm³/mol. The van der Waals surface area contributed by atoms with Crippen molar-refractivity contribution in [2.45, 2.75) is 12.6 Å². The Morgan fingerprint density at radius 3 is 2.74 bits per heavy atom. The number of amides is 1. The lowest BCUT2D eigenvalue weighted by molar-refractivity contribution is -0.124. The van der Waals surface area contributed by atoms with Crippen molar-refractivity contribution >= 4 is 34.3 Å². The SMILES string of the molecule is COC[C@H](C(=O)Nc1cccc2c(-c3nc(Nc4cccc(CO)n4)ncc3F)c[nH]c12)N1CCN(C)CC1. The van der Waals surface area contributed by atoms with Gasteiger partial charge in [0.2, 0.25) is 11.9 Å². The summed E-state index contributed by atoms with van der Waals surface area (Å²) >= 11 is 0. The van der Waals surface area contributed by atoms with Crippen LogP contribution in [0.25, 0.3) is 22.2 Å². The number of ether oxygens (including phenoxy) is 1. The number of carbonyl (C=O) groups is 1. The zero-order valence-corrected chi connectivity index (χ0v) is 21.8. The van der Waals surface area contributed by atoms with Gasteiger partial charge >= 0.3 is 0 Å². The summed E-state index contributed by atoms with van der Waals surface area (Å²) < 4.78 is 20.3. The number of likely N-dealkylation sites (N-methyl/N-ethyl adjacent to an activating group) is 1. The third-order valence-corrected chi connectivity index (χ3v) is 6.79. The lowest BCUT2D eigenvalue weighted by Gasteiger charge is -2.36. The molecule has 0 spiro atoms. The number of H-pyrrole nitrogens is 1. The van der Waals surface area contributed by atoms with Crippen LogP contribution < -0.4 is 10.6 Å². The maximum atomic E-state index is 14.9. The number of piperazine rings is 1. The van der Waals surface area contributed by atoms with Crippen LogP contribution in [-0.4, -0.2) is 93.7 Å². The molecule has 1 aliphatic heterocycles. The number of rotatable bonds is 9. The second kappa shape index (κ2) is 11.8. The van der Waals surface area contributed by atoms with E-state index in [4.69, 9.17) is 4.74 Å². The Bertz CT molecular complexity index is 1450. The molecule has 3 aromatic heterocycles. The highest BCUT2D eigenvalue weighted by Crippen LogP contribution is 2.33. The Balaban J connectivity index is 1.41. The summed E-state index contributed by atoms with van der Waals surface area (Å²) in [4.78, 5) is 33.6. The number of benzene rings is 1. The van der Waals surface area contributed by atoms with Crippen molar-refractivity contribution in [3.8, 4) is 11.3 Å². The van der Waals surface area contributed by atoms with E-state index in [1.165, 1.54) is 0 Å². The van der Waals surface area contributed by atoms with E-state index in [1.807, 2.05) is 6.07 Å². The van der Waals surface area contributed by atoms with Gasteiger partial charge in [0.15, 0.2) is 5.82 Å². The molecule has 1 aliphatic rings. The number of pyridine rings is 1. The lowest BCUT2D eigenvalue weighted by atomic mass is 10.1. The van der Waals surface area contributed by atoms with E-state index >= 15 is 0 Å². The van der Waals surface area contributed by atoms with E-state index in [9.17, 15) is 14.3 Å². The number of para-hydroxylation sites is 1. The number of hydrogen-bond acceptors (Lipinski definition) is 9. The van der Waals surface area contributed by atoms with Crippen LogP contribution >= 0.6 is 0 Å². The van der Waals surface area contributed by atoms with Gasteiger partial charge in [-0.05, 0) is 25.2 Å². The summed E-state index contributed by atoms with van der Waals surface area (Å²) in [5.41, 5.74) is 2.33. The van der Waals surface area contributed by atoms with Crippen LogP contribution in [0.15, 0.2) is 48.8 Å². The van der Waals surface area contributed by atoms with E-state index in [1.54, 1.807) is 43.6 Å². The molecule has 1 amide bonds. The first-order valence-electron chi connectivity index (χ1n) is 12.7. The summed E-state index contributed by atoms with van der Waals surface area (Å²) in [5.74, 6) is -0.179. The Morgan fingerprint density at radius 1 is 1.18 bits per heavy atom. The summed E-state index contributed by atoms with van der Waals surface area (Å²) in [7, 11) is 3.66. The molecule has 5 rings (SSSR count). The number of anilines is 3. The molecule has 0 radical (unpaired) electrons. The van der Waals surface area contributed by atoms with Gasteiger partial charge in [0.05, 0.1) is 36.3 Å². The molecule has 1 saturated heterocycles. The van der Waals surface area contributed by atoms with Gasteiger partial charge in [0.1, 0.15) is 17.6 Å². The fourth-order valence-corrected chi connectivity index (χ4v) is 4.68. The third kappa shape index (κ3) is 5.88. The minimum atomic E-state index is -0.594.